The molecular formula is C17H20O4. The van der Waals surface area contributed by atoms with Gasteiger partial charge in [0.1, 0.15) is 12.7 Å². The van der Waals surface area contributed by atoms with Crippen LogP contribution in [0.15, 0.2) is 42.5 Å². The summed E-state index contributed by atoms with van der Waals surface area (Å²) in [7, 11) is 3.14. The van der Waals surface area contributed by atoms with Gasteiger partial charge in [0.2, 0.25) is 5.75 Å². The molecule has 0 heterocycles. The van der Waals surface area contributed by atoms with Crippen LogP contribution in [0.1, 0.15) is 17.2 Å². The van der Waals surface area contributed by atoms with Gasteiger partial charge in [0.05, 0.1) is 14.2 Å². The van der Waals surface area contributed by atoms with Gasteiger partial charge in [0.15, 0.2) is 11.5 Å². The Bertz CT molecular complexity index is 573. The Morgan fingerprint density at radius 3 is 2.14 bits per heavy atom. The van der Waals surface area contributed by atoms with Gasteiger partial charge in [0, 0.05) is 0 Å². The standard InChI is InChI=1S/C17H20O4/c1-12-7-4-5-8-13(12)14(18)11-21-17-15(19-2)9-6-10-16(17)20-3/h4-10,14,18H,11H2,1-3H3. The lowest BCUT2D eigenvalue weighted by molar-refractivity contribution is 0.104. The molecule has 0 spiro atoms. The molecule has 4 nitrogen and oxygen atoms in total. The molecule has 0 bridgehead atoms. The van der Waals surface area contributed by atoms with Crippen LogP contribution in [0, 0.1) is 6.92 Å². The number of benzene rings is 2. The number of hydrogen-bond donors (Lipinski definition) is 1. The van der Waals surface area contributed by atoms with Gasteiger partial charge in [-0.1, -0.05) is 30.3 Å². The lowest BCUT2D eigenvalue weighted by Crippen LogP contribution is -2.11. The Labute approximate surface area is 124 Å². The number of hydrogen-bond acceptors (Lipinski definition) is 4. The Hall–Kier alpha value is -2.20. The summed E-state index contributed by atoms with van der Waals surface area (Å²) < 4.78 is 16.2. The molecule has 0 amide bonds. The van der Waals surface area contributed by atoms with E-state index in [4.69, 9.17) is 14.2 Å². The summed E-state index contributed by atoms with van der Waals surface area (Å²) in [6.07, 6.45) is -0.708. The molecule has 2 aromatic rings. The number of aryl methyl sites for hydroxylation is 1. The van der Waals surface area contributed by atoms with Crippen molar-refractivity contribution in [2.75, 3.05) is 20.8 Å². The van der Waals surface area contributed by atoms with E-state index in [0.717, 1.165) is 11.1 Å². The summed E-state index contributed by atoms with van der Waals surface area (Å²) >= 11 is 0. The van der Waals surface area contributed by atoms with Crippen LogP contribution in [-0.4, -0.2) is 25.9 Å². The molecular weight excluding hydrogens is 268 g/mol. The third kappa shape index (κ3) is 3.47. The molecule has 2 rings (SSSR count). The summed E-state index contributed by atoms with van der Waals surface area (Å²) in [5, 5.41) is 10.3. The molecule has 0 radical (unpaired) electrons. The molecule has 0 aromatic heterocycles. The molecule has 0 aliphatic heterocycles. The number of aliphatic hydroxyl groups is 1. The van der Waals surface area contributed by atoms with E-state index in [-0.39, 0.29) is 6.61 Å². The summed E-state index contributed by atoms with van der Waals surface area (Å²) in [6, 6.07) is 13.1. The maximum Gasteiger partial charge on any atom is 0.203 e. The molecule has 1 unspecified atom stereocenters. The molecule has 1 N–H and O–H groups in total. The quantitative estimate of drug-likeness (QED) is 0.887. The zero-order valence-corrected chi connectivity index (χ0v) is 12.5. The first-order valence-electron chi connectivity index (χ1n) is 6.74. The zero-order valence-electron chi connectivity index (χ0n) is 12.5. The minimum atomic E-state index is -0.708. The number of methoxy groups -OCH3 is 2. The topological polar surface area (TPSA) is 47.9 Å². The van der Waals surface area contributed by atoms with E-state index in [9.17, 15) is 5.11 Å². The minimum absolute atomic E-state index is 0.127. The highest BCUT2D eigenvalue weighted by Crippen LogP contribution is 2.37. The molecule has 0 aliphatic carbocycles. The fourth-order valence-corrected chi connectivity index (χ4v) is 2.17. The van der Waals surface area contributed by atoms with Crippen molar-refractivity contribution in [2.45, 2.75) is 13.0 Å². The van der Waals surface area contributed by atoms with Crippen LogP contribution < -0.4 is 14.2 Å². The number of rotatable bonds is 6. The van der Waals surface area contributed by atoms with Crippen molar-refractivity contribution in [3.05, 3.63) is 53.6 Å². The summed E-state index contributed by atoms with van der Waals surface area (Å²) in [5.41, 5.74) is 1.88. The van der Waals surface area contributed by atoms with Gasteiger partial charge >= 0.3 is 0 Å². The highest BCUT2D eigenvalue weighted by atomic mass is 16.5. The highest BCUT2D eigenvalue weighted by Gasteiger charge is 2.15. The number of aliphatic hydroxyl groups excluding tert-OH is 1. The van der Waals surface area contributed by atoms with Crippen molar-refractivity contribution in [1.82, 2.24) is 0 Å². The van der Waals surface area contributed by atoms with Crippen LogP contribution in [-0.2, 0) is 0 Å². The monoisotopic (exact) mass is 288 g/mol. The molecule has 2 aromatic carbocycles. The third-order valence-electron chi connectivity index (χ3n) is 3.32. The SMILES string of the molecule is COc1cccc(OC)c1OCC(O)c1ccccc1C. The molecule has 1 atom stereocenters. The highest BCUT2D eigenvalue weighted by molar-refractivity contribution is 5.51. The van der Waals surface area contributed by atoms with Gasteiger partial charge in [-0.3, -0.25) is 0 Å². The normalized spacial score (nSPS) is 11.8. The lowest BCUT2D eigenvalue weighted by Gasteiger charge is -2.18. The Balaban J connectivity index is 2.15. The van der Waals surface area contributed by atoms with Gasteiger partial charge in [-0.15, -0.1) is 0 Å². The fourth-order valence-electron chi connectivity index (χ4n) is 2.17. The summed E-state index contributed by atoms with van der Waals surface area (Å²) in [6.45, 7) is 2.09. The number of para-hydroxylation sites is 1. The van der Waals surface area contributed by atoms with E-state index < -0.39 is 6.10 Å². The van der Waals surface area contributed by atoms with Crippen LogP contribution in [0.25, 0.3) is 0 Å². The zero-order chi connectivity index (χ0) is 15.2. The van der Waals surface area contributed by atoms with Crippen molar-refractivity contribution in [2.24, 2.45) is 0 Å². The average Bonchev–Trinajstić information content (AvgIpc) is 2.52. The first-order valence-corrected chi connectivity index (χ1v) is 6.74. The summed E-state index contributed by atoms with van der Waals surface area (Å²) in [4.78, 5) is 0. The van der Waals surface area contributed by atoms with Crippen LogP contribution >= 0.6 is 0 Å². The Kier molecular flexibility index (Phi) is 5.06. The molecule has 4 heteroatoms. The van der Waals surface area contributed by atoms with Crippen molar-refractivity contribution < 1.29 is 19.3 Å². The van der Waals surface area contributed by atoms with Gasteiger partial charge in [0.25, 0.3) is 0 Å². The first kappa shape index (κ1) is 15.2. The predicted octanol–water partition coefficient (Wildman–Crippen LogP) is 3.12. The van der Waals surface area contributed by atoms with Crippen molar-refractivity contribution in [3.8, 4) is 17.2 Å². The average molecular weight is 288 g/mol. The largest absolute Gasteiger partial charge is 0.493 e. The van der Waals surface area contributed by atoms with E-state index in [0.29, 0.717) is 17.2 Å². The third-order valence-corrected chi connectivity index (χ3v) is 3.32. The van der Waals surface area contributed by atoms with Crippen molar-refractivity contribution in [1.29, 1.82) is 0 Å². The van der Waals surface area contributed by atoms with Gasteiger partial charge in [-0.2, -0.15) is 0 Å². The first-order chi connectivity index (χ1) is 10.2. The van der Waals surface area contributed by atoms with E-state index in [1.807, 2.05) is 37.3 Å². The van der Waals surface area contributed by atoms with Crippen LogP contribution in [0.5, 0.6) is 17.2 Å². The van der Waals surface area contributed by atoms with Gasteiger partial charge in [-0.25, -0.2) is 0 Å². The Morgan fingerprint density at radius 2 is 1.57 bits per heavy atom. The van der Waals surface area contributed by atoms with Crippen LogP contribution in [0.3, 0.4) is 0 Å². The smallest absolute Gasteiger partial charge is 0.203 e. The maximum absolute atomic E-state index is 10.3. The minimum Gasteiger partial charge on any atom is -0.493 e. The lowest BCUT2D eigenvalue weighted by atomic mass is 10.0. The van der Waals surface area contributed by atoms with Crippen LogP contribution in [0.4, 0.5) is 0 Å². The van der Waals surface area contributed by atoms with E-state index in [2.05, 4.69) is 0 Å². The van der Waals surface area contributed by atoms with Crippen LogP contribution in [0.2, 0.25) is 0 Å². The molecule has 0 saturated carbocycles. The second kappa shape index (κ2) is 6.99. The van der Waals surface area contributed by atoms with Gasteiger partial charge < -0.3 is 19.3 Å². The fraction of sp³-hybridized carbons (Fsp3) is 0.294. The van der Waals surface area contributed by atoms with E-state index >= 15 is 0 Å². The van der Waals surface area contributed by atoms with E-state index in [1.54, 1.807) is 26.4 Å². The summed E-state index contributed by atoms with van der Waals surface area (Å²) in [5.74, 6) is 1.65. The number of ether oxygens (including phenoxy) is 3. The maximum atomic E-state index is 10.3. The van der Waals surface area contributed by atoms with Crippen molar-refractivity contribution >= 4 is 0 Å². The van der Waals surface area contributed by atoms with Gasteiger partial charge in [-0.05, 0) is 30.2 Å². The molecule has 112 valence electrons. The molecule has 0 aliphatic rings. The molecule has 21 heavy (non-hydrogen) atoms. The molecule has 0 saturated heterocycles. The second-order valence-electron chi connectivity index (χ2n) is 4.68. The Morgan fingerprint density at radius 1 is 0.952 bits per heavy atom. The predicted molar refractivity (Wildman–Crippen MR) is 81.2 cm³/mol. The second-order valence-corrected chi connectivity index (χ2v) is 4.68. The van der Waals surface area contributed by atoms with E-state index in [1.165, 1.54) is 0 Å². The van der Waals surface area contributed by atoms with Crippen molar-refractivity contribution in [3.63, 3.8) is 0 Å². The molecule has 0 fully saturated rings.